The van der Waals surface area contributed by atoms with Crippen molar-refractivity contribution in [2.75, 3.05) is 19.8 Å². The van der Waals surface area contributed by atoms with Crippen LogP contribution in [0.25, 0.3) is 0 Å². The molecular formula is C9H14O3. The van der Waals surface area contributed by atoms with Gasteiger partial charge in [0.25, 0.3) is 0 Å². The molecular weight excluding hydrogens is 156 g/mol. The van der Waals surface area contributed by atoms with E-state index in [4.69, 9.17) is 14.2 Å². The second-order valence-electron chi connectivity index (χ2n) is 3.76. The van der Waals surface area contributed by atoms with Gasteiger partial charge in [0.15, 0.2) is 5.79 Å². The van der Waals surface area contributed by atoms with E-state index >= 15 is 0 Å². The summed E-state index contributed by atoms with van der Waals surface area (Å²) in [4.78, 5) is 0. The second-order valence-corrected chi connectivity index (χ2v) is 3.76. The number of rotatable bonds is 0. The standard InChI is InChI=1S/C9H14O3/c1-8(2)11-6-9(7-12-8)4-3-5-10-9/h3-4H,5-7H2,1-2H3. The summed E-state index contributed by atoms with van der Waals surface area (Å²) in [5.74, 6) is -0.453. The Bertz CT molecular complexity index is 198. The van der Waals surface area contributed by atoms with Gasteiger partial charge in [-0.3, -0.25) is 0 Å². The largest absolute Gasteiger partial charge is 0.362 e. The first-order valence-electron chi connectivity index (χ1n) is 4.22. The molecule has 0 aromatic rings. The molecule has 0 amide bonds. The quantitative estimate of drug-likeness (QED) is 0.509. The Balaban J connectivity index is 2.02. The van der Waals surface area contributed by atoms with Gasteiger partial charge in [0.2, 0.25) is 0 Å². The van der Waals surface area contributed by atoms with E-state index in [0.29, 0.717) is 19.8 Å². The lowest BCUT2D eigenvalue weighted by Gasteiger charge is -2.39. The fourth-order valence-corrected chi connectivity index (χ4v) is 1.38. The molecule has 0 N–H and O–H groups in total. The van der Waals surface area contributed by atoms with Gasteiger partial charge >= 0.3 is 0 Å². The molecule has 1 spiro atoms. The van der Waals surface area contributed by atoms with Crippen molar-refractivity contribution in [1.29, 1.82) is 0 Å². The lowest BCUT2D eigenvalue weighted by atomic mass is 10.1. The first-order chi connectivity index (χ1) is 5.62. The van der Waals surface area contributed by atoms with Crippen LogP contribution in [0.5, 0.6) is 0 Å². The van der Waals surface area contributed by atoms with Gasteiger partial charge in [-0.15, -0.1) is 0 Å². The first kappa shape index (κ1) is 8.23. The zero-order valence-corrected chi connectivity index (χ0v) is 7.50. The van der Waals surface area contributed by atoms with E-state index < -0.39 is 5.79 Å². The molecule has 0 atom stereocenters. The number of hydrogen-bond acceptors (Lipinski definition) is 3. The summed E-state index contributed by atoms with van der Waals surface area (Å²) in [6.45, 7) is 5.69. The molecule has 2 aliphatic heterocycles. The maximum absolute atomic E-state index is 5.51. The van der Waals surface area contributed by atoms with Gasteiger partial charge in [-0.25, -0.2) is 0 Å². The first-order valence-corrected chi connectivity index (χ1v) is 4.22. The molecule has 0 aromatic carbocycles. The van der Waals surface area contributed by atoms with E-state index in [1.807, 2.05) is 26.0 Å². The predicted molar refractivity (Wildman–Crippen MR) is 43.8 cm³/mol. The predicted octanol–water partition coefficient (Wildman–Crippen LogP) is 1.09. The van der Waals surface area contributed by atoms with Crippen LogP contribution < -0.4 is 0 Å². The minimum atomic E-state index is -0.453. The summed E-state index contributed by atoms with van der Waals surface area (Å²) >= 11 is 0. The van der Waals surface area contributed by atoms with E-state index in [1.54, 1.807) is 0 Å². The van der Waals surface area contributed by atoms with Crippen LogP contribution in [0.4, 0.5) is 0 Å². The molecule has 0 bridgehead atoms. The fraction of sp³-hybridized carbons (Fsp3) is 0.778. The maximum atomic E-state index is 5.51. The van der Waals surface area contributed by atoms with Crippen LogP contribution in [0.3, 0.4) is 0 Å². The van der Waals surface area contributed by atoms with Gasteiger partial charge in [-0.05, 0) is 19.9 Å². The number of hydrogen-bond donors (Lipinski definition) is 0. The molecule has 0 unspecified atom stereocenters. The molecule has 0 aliphatic carbocycles. The summed E-state index contributed by atoms with van der Waals surface area (Å²) in [6, 6.07) is 0. The van der Waals surface area contributed by atoms with Gasteiger partial charge < -0.3 is 14.2 Å². The van der Waals surface area contributed by atoms with Gasteiger partial charge in [-0.2, -0.15) is 0 Å². The Hall–Kier alpha value is -0.380. The van der Waals surface area contributed by atoms with E-state index in [1.165, 1.54) is 0 Å². The van der Waals surface area contributed by atoms with Crippen molar-refractivity contribution < 1.29 is 14.2 Å². The highest BCUT2D eigenvalue weighted by atomic mass is 16.7. The third kappa shape index (κ3) is 1.40. The maximum Gasteiger partial charge on any atom is 0.163 e. The summed E-state index contributed by atoms with van der Waals surface area (Å²) < 4.78 is 16.5. The van der Waals surface area contributed by atoms with Crippen LogP contribution in [0.2, 0.25) is 0 Å². The fourth-order valence-electron chi connectivity index (χ4n) is 1.38. The van der Waals surface area contributed by atoms with Crippen molar-refractivity contribution in [3.63, 3.8) is 0 Å². The molecule has 0 saturated carbocycles. The zero-order valence-electron chi connectivity index (χ0n) is 7.50. The molecule has 0 radical (unpaired) electrons. The van der Waals surface area contributed by atoms with Crippen LogP contribution >= 0.6 is 0 Å². The zero-order chi connectivity index (χ0) is 8.66. The molecule has 2 rings (SSSR count). The van der Waals surface area contributed by atoms with Crippen LogP contribution in [0.1, 0.15) is 13.8 Å². The Labute approximate surface area is 72.3 Å². The Morgan fingerprint density at radius 1 is 1.08 bits per heavy atom. The van der Waals surface area contributed by atoms with Crippen molar-refractivity contribution in [2.45, 2.75) is 25.2 Å². The third-order valence-electron chi connectivity index (χ3n) is 2.22. The normalized spacial score (nSPS) is 31.2. The molecule has 0 aromatic heterocycles. The van der Waals surface area contributed by atoms with Crippen molar-refractivity contribution in [3.8, 4) is 0 Å². The van der Waals surface area contributed by atoms with Gasteiger partial charge in [-0.1, -0.05) is 6.08 Å². The Kier molecular flexibility index (Phi) is 1.75. The SMILES string of the molecule is CC1(C)OCC2(C=CCO2)CO1. The molecule has 2 aliphatic rings. The highest BCUT2D eigenvalue weighted by Crippen LogP contribution is 2.29. The van der Waals surface area contributed by atoms with Crippen molar-refractivity contribution >= 4 is 0 Å². The van der Waals surface area contributed by atoms with Crippen molar-refractivity contribution in [3.05, 3.63) is 12.2 Å². The van der Waals surface area contributed by atoms with E-state index in [-0.39, 0.29) is 5.60 Å². The lowest BCUT2D eigenvalue weighted by Crippen LogP contribution is -2.50. The smallest absolute Gasteiger partial charge is 0.163 e. The molecule has 3 heteroatoms. The summed E-state index contributed by atoms with van der Waals surface area (Å²) in [6.07, 6.45) is 4.04. The second kappa shape index (κ2) is 2.55. The summed E-state index contributed by atoms with van der Waals surface area (Å²) in [5, 5.41) is 0. The molecule has 68 valence electrons. The van der Waals surface area contributed by atoms with E-state index in [2.05, 4.69) is 0 Å². The topological polar surface area (TPSA) is 27.7 Å². The molecule has 1 saturated heterocycles. The van der Waals surface area contributed by atoms with Crippen molar-refractivity contribution in [2.24, 2.45) is 0 Å². The van der Waals surface area contributed by atoms with Crippen LogP contribution in [-0.2, 0) is 14.2 Å². The third-order valence-corrected chi connectivity index (χ3v) is 2.22. The highest BCUT2D eigenvalue weighted by Gasteiger charge is 2.40. The molecule has 1 fully saturated rings. The average molecular weight is 170 g/mol. The minimum absolute atomic E-state index is 0.296. The average Bonchev–Trinajstić information content (AvgIpc) is 2.46. The molecule has 3 nitrogen and oxygen atoms in total. The van der Waals surface area contributed by atoms with Gasteiger partial charge in [0.05, 0.1) is 19.8 Å². The molecule has 12 heavy (non-hydrogen) atoms. The monoisotopic (exact) mass is 170 g/mol. The Morgan fingerprint density at radius 3 is 2.25 bits per heavy atom. The van der Waals surface area contributed by atoms with Gasteiger partial charge in [0, 0.05) is 0 Å². The molecule has 2 heterocycles. The van der Waals surface area contributed by atoms with Crippen LogP contribution in [0.15, 0.2) is 12.2 Å². The van der Waals surface area contributed by atoms with Gasteiger partial charge in [0.1, 0.15) is 5.60 Å². The summed E-state index contributed by atoms with van der Waals surface area (Å²) in [7, 11) is 0. The van der Waals surface area contributed by atoms with Crippen molar-refractivity contribution in [1.82, 2.24) is 0 Å². The van der Waals surface area contributed by atoms with E-state index in [9.17, 15) is 0 Å². The number of ether oxygens (including phenoxy) is 3. The van der Waals surface area contributed by atoms with Crippen LogP contribution in [0, 0.1) is 0 Å². The Morgan fingerprint density at radius 2 is 1.75 bits per heavy atom. The minimum Gasteiger partial charge on any atom is -0.362 e. The highest BCUT2D eigenvalue weighted by molar-refractivity contribution is 5.09. The lowest BCUT2D eigenvalue weighted by molar-refractivity contribution is -0.294. The van der Waals surface area contributed by atoms with Crippen LogP contribution in [-0.4, -0.2) is 31.2 Å². The van der Waals surface area contributed by atoms with E-state index in [0.717, 1.165) is 0 Å². The summed E-state index contributed by atoms with van der Waals surface area (Å²) in [5.41, 5.74) is -0.296.